The van der Waals surface area contributed by atoms with E-state index in [9.17, 15) is 0 Å². The lowest BCUT2D eigenvalue weighted by Gasteiger charge is -2.05. The zero-order valence-electron chi connectivity index (χ0n) is 9.81. The van der Waals surface area contributed by atoms with Crippen molar-refractivity contribution < 1.29 is 0 Å². The van der Waals surface area contributed by atoms with Crippen molar-refractivity contribution in [3.05, 3.63) is 21.9 Å². The maximum atomic E-state index is 3.48. The van der Waals surface area contributed by atoms with Gasteiger partial charge in [-0.15, -0.1) is 11.3 Å². The summed E-state index contributed by atoms with van der Waals surface area (Å²) in [5, 5.41) is 9.04. The van der Waals surface area contributed by atoms with Crippen LogP contribution in [0.5, 0.6) is 0 Å². The first-order valence-electron chi connectivity index (χ1n) is 5.79. The Morgan fingerprint density at radius 1 is 1.20 bits per heavy atom. The SMILES string of the molecule is CCCNCCCNCc1sccc1C. The van der Waals surface area contributed by atoms with Crippen LogP contribution in [0.1, 0.15) is 30.2 Å². The number of thiophene rings is 1. The molecule has 2 N–H and O–H groups in total. The second-order valence-corrected chi connectivity index (χ2v) is 4.81. The van der Waals surface area contributed by atoms with Crippen LogP contribution < -0.4 is 10.6 Å². The van der Waals surface area contributed by atoms with Crippen molar-refractivity contribution in [3.8, 4) is 0 Å². The molecule has 0 fully saturated rings. The third kappa shape index (κ3) is 5.30. The van der Waals surface area contributed by atoms with E-state index < -0.39 is 0 Å². The Morgan fingerprint density at radius 3 is 2.67 bits per heavy atom. The molecule has 0 radical (unpaired) electrons. The molecule has 0 aliphatic carbocycles. The monoisotopic (exact) mass is 226 g/mol. The summed E-state index contributed by atoms with van der Waals surface area (Å²) in [7, 11) is 0. The Labute approximate surface area is 97.1 Å². The van der Waals surface area contributed by atoms with Gasteiger partial charge in [0.2, 0.25) is 0 Å². The van der Waals surface area contributed by atoms with E-state index in [1.54, 1.807) is 0 Å². The third-order valence-electron chi connectivity index (χ3n) is 2.39. The number of nitrogens with one attached hydrogen (secondary N) is 2. The van der Waals surface area contributed by atoms with Gasteiger partial charge in [-0.2, -0.15) is 0 Å². The lowest BCUT2D eigenvalue weighted by Crippen LogP contribution is -2.22. The summed E-state index contributed by atoms with van der Waals surface area (Å²) in [4.78, 5) is 1.47. The highest BCUT2D eigenvalue weighted by Crippen LogP contribution is 2.14. The minimum atomic E-state index is 1.03. The first kappa shape index (κ1) is 12.7. The van der Waals surface area contributed by atoms with Crippen LogP contribution in [0.4, 0.5) is 0 Å². The van der Waals surface area contributed by atoms with Gasteiger partial charge in [0.15, 0.2) is 0 Å². The van der Waals surface area contributed by atoms with Crippen LogP contribution in [0.25, 0.3) is 0 Å². The van der Waals surface area contributed by atoms with E-state index >= 15 is 0 Å². The van der Waals surface area contributed by atoms with Crippen molar-refractivity contribution in [1.29, 1.82) is 0 Å². The molecular weight excluding hydrogens is 204 g/mol. The third-order valence-corrected chi connectivity index (χ3v) is 3.41. The number of rotatable bonds is 8. The maximum Gasteiger partial charge on any atom is 0.0302 e. The van der Waals surface area contributed by atoms with Crippen molar-refractivity contribution in [2.24, 2.45) is 0 Å². The Hall–Kier alpha value is -0.380. The quantitative estimate of drug-likeness (QED) is 0.666. The zero-order chi connectivity index (χ0) is 10.9. The molecule has 0 saturated carbocycles. The van der Waals surface area contributed by atoms with E-state index in [0.717, 1.165) is 26.2 Å². The summed E-state index contributed by atoms with van der Waals surface area (Å²) < 4.78 is 0. The fourth-order valence-electron chi connectivity index (χ4n) is 1.43. The topological polar surface area (TPSA) is 24.1 Å². The van der Waals surface area contributed by atoms with Crippen LogP contribution in [-0.4, -0.2) is 19.6 Å². The number of hydrogen-bond donors (Lipinski definition) is 2. The minimum Gasteiger partial charge on any atom is -0.317 e. The van der Waals surface area contributed by atoms with Crippen molar-refractivity contribution in [2.45, 2.75) is 33.2 Å². The highest BCUT2D eigenvalue weighted by atomic mass is 32.1. The van der Waals surface area contributed by atoms with Crippen LogP contribution >= 0.6 is 11.3 Å². The van der Waals surface area contributed by atoms with Gasteiger partial charge >= 0.3 is 0 Å². The van der Waals surface area contributed by atoms with Gasteiger partial charge < -0.3 is 10.6 Å². The van der Waals surface area contributed by atoms with Gasteiger partial charge in [-0.3, -0.25) is 0 Å². The van der Waals surface area contributed by atoms with Gasteiger partial charge in [-0.25, -0.2) is 0 Å². The van der Waals surface area contributed by atoms with Gasteiger partial charge in [0, 0.05) is 11.4 Å². The smallest absolute Gasteiger partial charge is 0.0302 e. The predicted molar refractivity (Wildman–Crippen MR) is 68.5 cm³/mol. The number of hydrogen-bond acceptors (Lipinski definition) is 3. The molecule has 2 nitrogen and oxygen atoms in total. The van der Waals surface area contributed by atoms with Crippen molar-refractivity contribution in [2.75, 3.05) is 19.6 Å². The molecule has 0 spiro atoms. The molecule has 0 aliphatic rings. The normalized spacial score (nSPS) is 10.8. The van der Waals surface area contributed by atoms with E-state index in [2.05, 4.69) is 35.9 Å². The highest BCUT2D eigenvalue weighted by molar-refractivity contribution is 7.10. The zero-order valence-corrected chi connectivity index (χ0v) is 10.6. The fraction of sp³-hybridized carbons (Fsp3) is 0.667. The molecular formula is C12H22N2S. The summed E-state index contributed by atoms with van der Waals surface area (Å²) in [6.07, 6.45) is 2.44. The second kappa shape index (κ2) is 7.85. The van der Waals surface area contributed by atoms with Crippen LogP contribution in [0, 0.1) is 6.92 Å². The first-order valence-corrected chi connectivity index (χ1v) is 6.67. The number of aryl methyl sites for hydroxylation is 1. The molecule has 0 aliphatic heterocycles. The van der Waals surface area contributed by atoms with Crippen molar-refractivity contribution in [3.63, 3.8) is 0 Å². The van der Waals surface area contributed by atoms with E-state index in [1.165, 1.54) is 23.3 Å². The molecule has 3 heteroatoms. The summed E-state index contributed by atoms with van der Waals surface area (Å²) in [6.45, 7) is 8.78. The van der Waals surface area contributed by atoms with Gasteiger partial charge in [0.25, 0.3) is 0 Å². The molecule has 86 valence electrons. The average molecular weight is 226 g/mol. The van der Waals surface area contributed by atoms with Gasteiger partial charge in [-0.1, -0.05) is 6.92 Å². The fourth-order valence-corrected chi connectivity index (χ4v) is 2.30. The Balaban J connectivity index is 1.96. The molecule has 1 aromatic heterocycles. The lowest BCUT2D eigenvalue weighted by molar-refractivity contribution is 0.594. The first-order chi connectivity index (χ1) is 7.34. The molecule has 0 bridgehead atoms. The van der Waals surface area contributed by atoms with Crippen LogP contribution in [0.2, 0.25) is 0 Å². The van der Waals surface area contributed by atoms with E-state index in [4.69, 9.17) is 0 Å². The molecule has 1 aromatic rings. The minimum absolute atomic E-state index is 1.03. The van der Waals surface area contributed by atoms with Crippen molar-refractivity contribution in [1.82, 2.24) is 10.6 Å². The summed E-state index contributed by atoms with van der Waals surface area (Å²) in [6, 6.07) is 2.19. The molecule has 0 saturated heterocycles. The lowest BCUT2D eigenvalue weighted by atomic mass is 10.3. The molecule has 1 rings (SSSR count). The maximum absolute atomic E-state index is 3.48. The second-order valence-electron chi connectivity index (χ2n) is 3.81. The molecule has 0 atom stereocenters. The predicted octanol–water partition coefficient (Wildman–Crippen LogP) is 2.54. The van der Waals surface area contributed by atoms with Crippen LogP contribution in [0.15, 0.2) is 11.4 Å². The molecule has 15 heavy (non-hydrogen) atoms. The largest absolute Gasteiger partial charge is 0.317 e. The van der Waals surface area contributed by atoms with E-state index in [-0.39, 0.29) is 0 Å². The molecule has 0 unspecified atom stereocenters. The summed E-state index contributed by atoms with van der Waals surface area (Å²) in [5.41, 5.74) is 1.41. The van der Waals surface area contributed by atoms with Crippen molar-refractivity contribution >= 4 is 11.3 Å². The summed E-state index contributed by atoms with van der Waals surface area (Å²) >= 11 is 1.84. The van der Waals surface area contributed by atoms with Crippen LogP contribution in [-0.2, 0) is 6.54 Å². The Bertz CT molecular complexity index is 258. The average Bonchev–Trinajstić information content (AvgIpc) is 2.63. The Morgan fingerprint density at radius 2 is 2.00 bits per heavy atom. The standard InChI is InChI=1S/C12H22N2S/c1-3-6-13-7-4-8-14-10-12-11(2)5-9-15-12/h5,9,13-14H,3-4,6-8,10H2,1-2H3. The molecule has 1 heterocycles. The molecule has 0 amide bonds. The van der Waals surface area contributed by atoms with E-state index in [1.807, 2.05) is 11.3 Å². The van der Waals surface area contributed by atoms with Gasteiger partial charge in [0.1, 0.15) is 0 Å². The molecule has 0 aromatic carbocycles. The van der Waals surface area contributed by atoms with E-state index in [0.29, 0.717) is 0 Å². The van der Waals surface area contributed by atoms with Crippen LogP contribution in [0.3, 0.4) is 0 Å². The van der Waals surface area contributed by atoms with Gasteiger partial charge in [-0.05, 0) is 56.4 Å². The Kier molecular flexibility index (Phi) is 6.64. The summed E-state index contributed by atoms with van der Waals surface area (Å²) in [5.74, 6) is 0. The van der Waals surface area contributed by atoms with Gasteiger partial charge in [0.05, 0.1) is 0 Å². The highest BCUT2D eigenvalue weighted by Gasteiger charge is 1.97.